The van der Waals surface area contributed by atoms with Crippen molar-refractivity contribution in [3.05, 3.63) is 29.1 Å². The van der Waals surface area contributed by atoms with Crippen molar-refractivity contribution in [1.29, 1.82) is 0 Å². The second kappa shape index (κ2) is 4.47. The minimum atomic E-state index is -4.38. The molecule has 0 amide bonds. The minimum absolute atomic E-state index is 0.0221. The van der Waals surface area contributed by atoms with E-state index < -0.39 is 11.7 Å². The van der Waals surface area contributed by atoms with Gasteiger partial charge in [0, 0.05) is 13.1 Å². The first-order valence-electron chi connectivity index (χ1n) is 7.64. The number of fused-ring (bicyclic) bond motifs is 1. The van der Waals surface area contributed by atoms with Crippen LogP contribution in [-0.4, -0.2) is 28.0 Å². The van der Waals surface area contributed by atoms with Crippen LogP contribution < -0.4 is 0 Å². The number of H-pyrrole nitrogens is 1. The molecule has 1 N–H and O–H groups in total. The van der Waals surface area contributed by atoms with Gasteiger partial charge in [-0.15, -0.1) is 0 Å². The van der Waals surface area contributed by atoms with E-state index in [0.29, 0.717) is 28.9 Å². The summed E-state index contributed by atoms with van der Waals surface area (Å²) in [7, 11) is 0. The SMILES string of the molecule is Cc1nc2c(C(F)(F)F)cc(CN3CCC4(CC4)C3)cc2[nH]1. The number of likely N-dealkylation sites (tertiary alicyclic amines) is 1. The van der Waals surface area contributed by atoms with Crippen molar-refractivity contribution in [3.8, 4) is 0 Å². The number of aromatic nitrogens is 2. The highest BCUT2D eigenvalue weighted by Gasteiger charge is 2.47. The minimum Gasteiger partial charge on any atom is -0.342 e. The Balaban J connectivity index is 1.68. The Bertz CT molecular complexity index is 728. The van der Waals surface area contributed by atoms with Crippen LogP contribution in [0.3, 0.4) is 0 Å². The summed E-state index contributed by atoms with van der Waals surface area (Å²) in [6.45, 7) is 4.27. The fourth-order valence-corrected chi connectivity index (χ4v) is 3.61. The van der Waals surface area contributed by atoms with Gasteiger partial charge in [-0.3, -0.25) is 4.90 Å². The summed E-state index contributed by atoms with van der Waals surface area (Å²) in [6, 6.07) is 3.07. The first kappa shape index (κ1) is 14.1. The monoisotopic (exact) mass is 309 g/mol. The predicted octanol–water partition coefficient (Wildman–Crippen LogP) is 3.88. The number of benzene rings is 1. The molecule has 0 unspecified atom stereocenters. The molecule has 1 aromatic carbocycles. The highest BCUT2D eigenvalue weighted by molar-refractivity contribution is 5.80. The molecule has 22 heavy (non-hydrogen) atoms. The van der Waals surface area contributed by atoms with Gasteiger partial charge in [-0.25, -0.2) is 4.98 Å². The van der Waals surface area contributed by atoms with Crippen LogP contribution in [0.15, 0.2) is 12.1 Å². The summed E-state index contributed by atoms with van der Waals surface area (Å²) in [5.74, 6) is 0.510. The van der Waals surface area contributed by atoms with Crippen LogP contribution in [0.5, 0.6) is 0 Å². The van der Waals surface area contributed by atoms with Gasteiger partial charge in [0.1, 0.15) is 11.3 Å². The fourth-order valence-electron chi connectivity index (χ4n) is 3.61. The average Bonchev–Trinajstić information content (AvgIpc) is 2.88. The number of halogens is 3. The second-order valence-corrected chi connectivity index (χ2v) is 6.82. The Morgan fingerprint density at radius 1 is 1.27 bits per heavy atom. The Morgan fingerprint density at radius 2 is 2.05 bits per heavy atom. The van der Waals surface area contributed by atoms with Crippen LogP contribution >= 0.6 is 0 Å². The van der Waals surface area contributed by atoms with E-state index in [-0.39, 0.29) is 5.52 Å². The zero-order valence-corrected chi connectivity index (χ0v) is 12.4. The molecular formula is C16H18F3N3. The third-order valence-electron chi connectivity index (χ3n) is 4.95. The van der Waals surface area contributed by atoms with Crippen molar-refractivity contribution in [2.24, 2.45) is 5.41 Å². The van der Waals surface area contributed by atoms with Crippen molar-refractivity contribution >= 4 is 11.0 Å². The van der Waals surface area contributed by atoms with Crippen LogP contribution in [0, 0.1) is 12.3 Å². The molecule has 6 heteroatoms. The molecular weight excluding hydrogens is 291 g/mol. The van der Waals surface area contributed by atoms with Crippen molar-refractivity contribution in [2.45, 2.75) is 38.9 Å². The molecule has 2 aromatic rings. The van der Waals surface area contributed by atoms with Gasteiger partial charge in [-0.1, -0.05) is 0 Å². The first-order valence-corrected chi connectivity index (χ1v) is 7.64. The maximum absolute atomic E-state index is 13.3. The van der Waals surface area contributed by atoms with Gasteiger partial charge in [0.25, 0.3) is 0 Å². The number of alkyl halides is 3. The van der Waals surface area contributed by atoms with Crippen LogP contribution in [0.25, 0.3) is 11.0 Å². The number of nitrogens with zero attached hydrogens (tertiary/aromatic N) is 2. The van der Waals surface area contributed by atoms with Crippen LogP contribution in [-0.2, 0) is 12.7 Å². The molecule has 1 aliphatic heterocycles. The normalized spacial score (nSPS) is 21.1. The standard InChI is InChI=1S/C16H18F3N3/c1-10-20-13-7-11(6-12(14(13)21-10)16(17,18)19)8-22-5-4-15(9-22)2-3-15/h6-7H,2-5,8-9H2,1H3,(H,20,21). The van der Waals surface area contributed by atoms with Gasteiger partial charge in [-0.2, -0.15) is 13.2 Å². The Labute approximate surface area is 126 Å². The lowest BCUT2D eigenvalue weighted by Crippen LogP contribution is -2.21. The summed E-state index contributed by atoms with van der Waals surface area (Å²) in [5.41, 5.74) is 1.06. The van der Waals surface area contributed by atoms with Crippen molar-refractivity contribution < 1.29 is 13.2 Å². The molecule has 1 spiro atoms. The van der Waals surface area contributed by atoms with Gasteiger partial charge in [0.05, 0.1) is 11.1 Å². The number of aryl methyl sites for hydroxylation is 1. The Morgan fingerprint density at radius 3 is 2.68 bits per heavy atom. The largest absolute Gasteiger partial charge is 0.418 e. The molecule has 1 aromatic heterocycles. The molecule has 2 heterocycles. The highest BCUT2D eigenvalue weighted by Crippen LogP contribution is 2.52. The number of nitrogens with one attached hydrogen (secondary N) is 1. The molecule has 0 atom stereocenters. The number of aromatic amines is 1. The molecule has 3 nitrogen and oxygen atoms in total. The fraction of sp³-hybridized carbons (Fsp3) is 0.562. The zero-order chi connectivity index (χ0) is 15.5. The lowest BCUT2D eigenvalue weighted by Gasteiger charge is -2.17. The van der Waals surface area contributed by atoms with Crippen molar-refractivity contribution in [2.75, 3.05) is 13.1 Å². The Kier molecular flexibility index (Phi) is 2.86. The topological polar surface area (TPSA) is 31.9 Å². The lowest BCUT2D eigenvalue weighted by molar-refractivity contribution is -0.136. The first-order chi connectivity index (χ1) is 10.3. The van der Waals surface area contributed by atoms with Crippen molar-refractivity contribution in [3.63, 3.8) is 0 Å². The van der Waals surface area contributed by atoms with Gasteiger partial charge < -0.3 is 4.98 Å². The van der Waals surface area contributed by atoms with Crippen LogP contribution in [0.1, 0.15) is 36.2 Å². The summed E-state index contributed by atoms with van der Waals surface area (Å²) in [6.07, 6.45) is -0.644. The van der Waals surface area contributed by atoms with Gasteiger partial charge in [0.15, 0.2) is 0 Å². The van der Waals surface area contributed by atoms with E-state index in [1.165, 1.54) is 25.3 Å². The molecule has 2 aliphatic rings. The number of hydrogen-bond acceptors (Lipinski definition) is 2. The summed E-state index contributed by atoms with van der Waals surface area (Å²) < 4.78 is 39.9. The van der Waals surface area contributed by atoms with Crippen LogP contribution in [0.4, 0.5) is 13.2 Å². The quantitative estimate of drug-likeness (QED) is 0.913. The molecule has 2 fully saturated rings. The molecule has 0 bridgehead atoms. The average molecular weight is 309 g/mol. The number of imidazole rings is 1. The lowest BCUT2D eigenvalue weighted by atomic mass is 10.1. The summed E-state index contributed by atoms with van der Waals surface area (Å²) >= 11 is 0. The molecule has 0 radical (unpaired) electrons. The zero-order valence-electron chi connectivity index (χ0n) is 12.4. The highest BCUT2D eigenvalue weighted by atomic mass is 19.4. The smallest absolute Gasteiger partial charge is 0.342 e. The van der Waals surface area contributed by atoms with Gasteiger partial charge in [-0.05, 0) is 55.8 Å². The van der Waals surface area contributed by atoms with E-state index >= 15 is 0 Å². The van der Waals surface area contributed by atoms with E-state index in [1.54, 1.807) is 6.92 Å². The van der Waals surface area contributed by atoms with E-state index in [0.717, 1.165) is 13.1 Å². The van der Waals surface area contributed by atoms with E-state index in [4.69, 9.17) is 0 Å². The summed E-state index contributed by atoms with van der Waals surface area (Å²) in [4.78, 5) is 9.21. The van der Waals surface area contributed by atoms with E-state index in [2.05, 4.69) is 14.9 Å². The molecule has 118 valence electrons. The third kappa shape index (κ3) is 2.39. The molecule has 1 saturated heterocycles. The van der Waals surface area contributed by atoms with Gasteiger partial charge in [0.2, 0.25) is 0 Å². The maximum Gasteiger partial charge on any atom is 0.418 e. The van der Waals surface area contributed by atoms with E-state index in [9.17, 15) is 13.2 Å². The molecule has 4 rings (SSSR count). The third-order valence-corrected chi connectivity index (χ3v) is 4.95. The number of hydrogen-bond donors (Lipinski definition) is 1. The maximum atomic E-state index is 13.3. The summed E-state index contributed by atoms with van der Waals surface area (Å²) in [5, 5.41) is 0. The molecule has 1 aliphatic carbocycles. The Hall–Kier alpha value is -1.56. The van der Waals surface area contributed by atoms with Crippen LogP contribution in [0.2, 0.25) is 0 Å². The predicted molar refractivity (Wildman–Crippen MR) is 77.4 cm³/mol. The van der Waals surface area contributed by atoms with E-state index in [1.807, 2.05) is 6.07 Å². The number of rotatable bonds is 2. The van der Waals surface area contributed by atoms with Crippen molar-refractivity contribution in [1.82, 2.24) is 14.9 Å². The van der Waals surface area contributed by atoms with Gasteiger partial charge >= 0.3 is 6.18 Å². The second-order valence-electron chi connectivity index (χ2n) is 6.82. The molecule has 1 saturated carbocycles.